The van der Waals surface area contributed by atoms with Gasteiger partial charge < -0.3 is 15.2 Å². The van der Waals surface area contributed by atoms with E-state index in [0.29, 0.717) is 19.1 Å². The Morgan fingerprint density at radius 2 is 2.14 bits per heavy atom. The molecule has 3 rings (SSSR count). The maximum absolute atomic E-state index is 11.0. The van der Waals surface area contributed by atoms with Crippen LogP contribution in [0.2, 0.25) is 0 Å². The highest BCUT2D eigenvalue weighted by Crippen LogP contribution is 2.30. The van der Waals surface area contributed by atoms with Gasteiger partial charge in [0.05, 0.1) is 5.92 Å². The molecule has 2 heterocycles. The molecule has 4 nitrogen and oxygen atoms in total. The third kappa shape index (κ3) is 3.71. The fourth-order valence-corrected chi connectivity index (χ4v) is 4.03. The topological polar surface area (TPSA) is 58.6 Å². The lowest BCUT2D eigenvalue weighted by Crippen LogP contribution is -2.22. The molecule has 0 saturated carbocycles. The molecule has 0 spiro atoms. The van der Waals surface area contributed by atoms with E-state index in [1.807, 2.05) is 30.0 Å². The highest BCUT2D eigenvalue weighted by atomic mass is 32.2. The first kappa shape index (κ1) is 14.7. The fourth-order valence-electron chi connectivity index (χ4n) is 2.97. The van der Waals surface area contributed by atoms with Gasteiger partial charge in [-0.3, -0.25) is 4.79 Å². The normalized spacial score (nSPS) is 26.7. The third-order valence-electron chi connectivity index (χ3n) is 4.21. The SMILES string of the molecule is O=C(O)C1CNC(c2cccc(OC3CCSCC3)c2)C1. The number of nitrogens with one attached hydrogen (secondary N) is 1. The van der Waals surface area contributed by atoms with Crippen molar-refractivity contribution in [1.29, 1.82) is 0 Å². The summed E-state index contributed by atoms with van der Waals surface area (Å²) in [5, 5.41) is 12.4. The molecule has 1 aromatic rings. The standard InChI is InChI=1S/C16H21NO3S/c18-16(19)12-9-15(17-10-12)11-2-1-3-14(8-11)20-13-4-6-21-7-5-13/h1-3,8,12-13,15,17H,4-7,9-10H2,(H,18,19). The van der Waals surface area contributed by atoms with Crippen LogP contribution in [-0.4, -0.2) is 35.2 Å². The van der Waals surface area contributed by atoms with Crippen molar-refractivity contribution in [3.8, 4) is 5.75 Å². The number of hydrogen-bond donors (Lipinski definition) is 2. The Morgan fingerprint density at radius 1 is 1.33 bits per heavy atom. The number of thioether (sulfide) groups is 1. The monoisotopic (exact) mass is 307 g/mol. The molecule has 2 atom stereocenters. The Labute approximate surface area is 129 Å². The van der Waals surface area contributed by atoms with Crippen LogP contribution in [0.4, 0.5) is 0 Å². The number of rotatable bonds is 4. The average molecular weight is 307 g/mol. The summed E-state index contributed by atoms with van der Waals surface area (Å²) in [6.45, 7) is 0.547. The Bertz CT molecular complexity index is 502. The highest BCUT2D eigenvalue weighted by molar-refractivity contribution is 7.99. The minimum absolute atomic E-state index is 0.122. The van der Waals surface area contributed by atoms with Gasteiger partial charge in [0.1, 0.15) is 11.9 Å². The van der Waals surface area contributed by atoms with Crippen molar-refractivity contribution >= 4 is 17.7 Å². The summed E-state index contributed by atoms with van der Waals surface area (Å²) in [4.78, 5) is 11.0. The summed E-state index contributed by atoms with van der Waals surface area (Å²) in [6.07, 6.45) is 3.19. The molecule has 1 aromatic carbocycles. The number of hydrogen-bond acceptors (Lipinski definition) is 4. The second-order valence-corrected chi connectivity index (χ2v) is 6.96. The van der Waals surface area contributed by atoms with Crippen LogP contribution in [0.15, 0.2) is 24.3 Å². The predicted octanol–water partition coefficient (Wildman–Crippen LogP) is 2.70. The van der Waals surface area contributed by atoms with E-state index in [1.165, 1.54) is 11.5 Å². The van der Waals surface area contributed by atoms with Gasteiger partial charge in [0.25, 0.3) is 0 Å². The molecule has 2 aliphatic rings. The molecule has 0 bridgehead atoms. The first-order valence-corrected chi connectivity index (χ1v) is 8.68. The number of carboxylic acid groups (broad SMARTS) is 1. The van der Waals surface area contributed by atoms with Crippen LogP contribution in [0, 0.1) is 5.92 Å². The summed E-state index contributed by atoms with van der Waals surface area (Å²) in [6, 6.07) is 8.22. The van der Waals surface area contributed by atoms with Gasteiger partial charge in [0, 0.05) is 12.6 Å². The molecule has 5 heteroatoms. The zero-order valence-electron chi connectivity index (χ0n) is 12.0. The maximum Gasteiger partial charge on any atom is 0.307 e. The number of aliphatic carboxylic acids is 1. The number of ether oxygens (including phenoxy) is 1. The van der Waals surface area contributed by atoms with Gasteiger partial charge in [-0.2, -0.15) is 11.8 Å². The molecule has 21 heavy (non-hydrogen) atoms. The van der Waals surface area contributed by atoms with E-state index < -0.39 is 5.97 Å². The Morgan fingerprint density at radius 3 is 2.86 bits per heavy atom. The molecule has 0 aliphatic carbocycles. The molecular weight excluding hydrogens is 286 g/mol. The van der Waals surface area contributed by atoms with Crippen molar-refractivity contribution in [2.24, 2.45) is 5.92 Å². The van der Waals surface area contributed by atoms with Crippen LogP contribution in [-0.2, 0) is 4.79 Å². The summed E-state index contributed by atoms with van der Waals surface area (Å²) in [5.41, 5.74) is 1.13. The maximum atomic E-state index is 11.0. The Kier molecular flexibility index (Phi) is 4.70. The van der Waals surface area contributed by atoms with Crippen molar-refractivity contribution < 1.29 is 14.6 Å². The number of carbonyl (C=O) groups is 1. The fraction of sp³-hybridized carbons (Fsp3) is 0.562. The van der Waals surface area contributed by atoms with Crippen molar-refractivity contribution in [3.63, 3.8) is 0 Å². The number of carboxylic acids is 1. The first-order valence-electron chi connectivity index (χ1n) is 7.53. The molecule has 2 aliphatic heterocycles. The molecule has 114 valence electrons. The quantitative estimate of drug-likeness (QED) is 0.895. The largest absolute Gasteiger partial charge is 0.490 e. The van der Waals surface area contributed by atoms with Crippen LogP contribution in [0.5, 0.6) is 5.75 Å². The van der Waals surface area contributed by atoms with E-state index in [0.717, 1.165) is 24.2 Å². The van der Waals surface area contributed by atoms with Gasteiger partial charge in [0.2, 0.25) is 0 Å². The molecule has 2 unspecified atom stereocenters. The van der Waals surface area contributed by atoms with Crippen LogP contribution >= 0.6 is 11.8 Å². The molecule has 2 N–H and O–H groups in total. The Hall–Kier alpha value is -1.20. The van der Waals surface area contributed by atoms with Gasteiger partial charge in [-0.05, 0) is 48.5 Å². The van der Waals surface area contributed by atoms with Crippen molar-refractivity contribution in [3.05, 3.63) is 29.8 Å². The Balaban J connectivity index is 1.64. The van der Waals surface area contributed by atoms with E-state index >= 15 is 0 Å². The smallest absolute Gasteiger partial charge is 0.307 e. The van der Waals surface area contributed by atoms with Gasteiger partial charge in [-0.15, -0.1) is 0 Å². The molecule has 0 amide bonds. The van der Waals surface area contributed by atoms with Crippen molar-refractivity contribution in [1.82, 2.24) is 5.32 Å². The van der Waals surface area contributed by atoms with Gasteiger partial charge >= 0.3 is 5.97 Å². The van der Waals surface area contributed by atoms with Crippen LogP contribution < -0.4 is 10.1 Å². The van der Waals surface area contributed by atoms with Gasteiger partial charge in [-0.25, -0.2) is 0 Å². The van der Waals surface area contributed by atoms with Gasteiger partial charge in [0.15, 0.2) is 0 Å². The minimum atomic E-state index is -0.711. The summed E-state index contributed by atoms with van der Waals surface area (Å²) in [5.74, 6) is 2.26. The minimum Gasteiger partial charge on any atom is -0.490 e. The second-order valence-electron chi connectivity index (χ2n) is 5.73. The van der Waals surface area contributed by atoms with E-state index in [4.69, 9.17) is 9.84 Å². The highest BCUT2D eigenvalue weighted by Gasteiger charge is 2.30. The molecular formula is C16H21NO3S. The zero-order chi connectivity index (χ0) is 14.7. The summed E-state index contributed by atoms with van der Waals surface area (Å²) >= 11 is 1.99. The zero-order valence-corrected chi connectivity index (χ0v) is 12.8. The van der Waals surface area contributed by atoms with E-state index in [2.05, 4.69) is 11.4 Å². The van der Waals surface area contributed by atoms with E-state index in [9.17, 15) is 4.79 Å². The van der Waals surface area contributed by atoms with Crippen LogP contribution in [0.3, 0.4) is 0 Å². The molecule has 2 fully saturated rings. The molecule has 2 saturated heterocycles. The predicted molar refractivity (Wildman–Crippen MR) is 83.9 cm³/mol. The number of benzene rings is 1. The summed E-state index contributed by atoms with van der Waals surface area (Å²) in [7, 11) is 0. The van der Waals surface area contributed by atoms with Crippen molar-refractivity contribution in [2.75, 3.05) is 18.1 Å². The van der Waals surface area contributed by atoms with Gasteiger partial charge in [-0.1, -0.05) is 12.1 Å². The lowest BCUT2D eigenvalue weighted by Gasteiger charge is -2.23. The van der Waals surface area contributed by atoms with Crippen LogP contribution in [0.1, 0.15) is 30.9 Å². The van der Waals surface area contributed by atoms with E-state index in [-0.39, 0.29) is 12.0 Å². The third-order valence-corrected chi connectivity index (χ3v) is 5.26. The van der Waals surface area contributed by atoms with Crippen LogP contribution in [0.25, 0.3) is 0 Å². The first-order chi connectivity index (χ1) is 10.2. The molecule has 0 aromatic heterocycles. The average Bonchev–Trinajstić information content (AvgIpc) is 2.99. The van der Waals surface area contributed by atoms with Crippen molar-refractivity contribution in [2.45, 2.75) is 31.4 Å². The van der Waals surface area contributed by atoms with E-state index in [1.54, 1.807) is 0 Å². The lowest BCUT2D eigenvalue weighted by molar-refractivity contribution is -0.141. The lowest BCUT2D eigenvalue weighted by atomic mass is 10.00. The molecule has 0 radical (unpaired) electrons. The second kappa shape index (κ2) is 6.71. The summed E-state index contributed by atoms with van der Waals surface area (Å²) < 4.78 is 6.07.